The maximum absolute atomic E-state index is 11.0. The van der Waals surface area contributed by atoms with Crippen LogP contribution >= 0.6 is 0 Å². The number of aromatic nitrogens is 2. The van der Waals surface area contributed by atoms with Crippen LogP contribution in [0.4, 0.5) is 5.82 Å². The lowest BCUT2D eigenvalue weighted by atomic mass is 9.92. The summed E-state index contributed by atoms with van der Waals surface area (Å²) < 4.78 is 5.33. The molecule has 1 aromatic heterocycles. The van der Waals surface area contributed by atoms with Gasteiger partial charge >= 0.3 is 5.69 Å². The Kier molecular flexibility index (Phi) is 4.35. The highest BCUT2D eigenvalue weighted by Crippen LogP contribution is 2.24. The molecule has 112 valence electrons. The molecular weight excluding hydrogens is 270 g/mol. The lowest BCUT2D eigenvalue weighted by Gasteiger charge is -2.40. The Morgan fingerprint density at radius 1 is 1.25 bits per heavy atom. The summed E-state index contributed by atoms with van der Waals surface area (Å²) in [6.07, 6.45) is -4.65. The summed E-state index contributed by atoms with van der Waals surface area (Å²) in [5.74, 6) is -0.00860. The van der Waals surface area contributed by atoms with Gasteiger partial charge in [-0.25, -0.2) is 4.79 Å². The number of hydrogen-bond donors (Lipinski definition) is 6. The second-order valence-electron chi connectivity index (χ2n) is 4.69. The summed E-state index contributed by atoms with van der Waals surface area (Å²) in [4.78, 5) is 16.8. The zero-order chi connectivity index (χ0) is 14.9. The molecule has 1 aliphatic heterocycles. The number of nitrogens with one attached hydrogen (secondary N) is 1. The summed E-state index contributed by atoms with van der Waals surface area (Å²) in [6, 6.07) is 0. The van der Waals surface area contributed by atoms with Gasteiger partial charge in [-0.2, -0.15) is 4.98 Å². The Morgan fingerprint density at radius 3 is 2.50 bits per heavy atom. The van der Waals surface area contributed by atoms with Crippen molar-refractivity contribution in [3.05, 3.63) is 22.2 Å². The second-order valence-corrected chi connectivity index (χ2v) is 4.69. The molecule has 1 fully saturated rings. The fraction of sp³-hybridized carbons (Fsp3) is 0.636. The van der Waals surface area contributed by atoms with E-state index in [9.17, 15) is 20.1 Å². The van der Waals surface area contributed by atoms with Gasteiger partial charge in [-0.05, 0) is 0 Å². The smallest absolute Gasteiger partial charge is 0.346 e. The molecule has 9 heteroatoms. The standard InChI is InChI=1S/C11H17N3O6/c12-10-4(2-13-11(19)14-10)1-5-7(16)9(18)8(17)6(3-15)20-5/h2,5-9,15-18H,1,3H2,(H3,12,13,14,19)/t5-,6+,7-,8+,9+/m0/s1. The molecule has 0 aliphatic carbocycles. The summed E-state index contributed by atoms with van der Waals surface area (Å²) in [5, 5.41) is 38.3. The van der Waals surface area contributed by atoms with Crippen molar-refractivity contribution in [3.63, 3.8) is 0 Å². The predicted octanol–water partition coefficient (Wildman–Crippen LogP) is -3.26. The van der Waals surface area contributed by atoms with Crippen LogP contribution in [0.3, 0.4) is 0 Å². The summed E-state index contributed by atoms with van der Waals surface area (Å²) in [7, 11) is 0. The van der Waals surface area contributed by atoms with Crippen molar-refractivity contribution < 1.29 is 25.2 Å². The monoisotopic (exact) mass is 287 g/mol. The Hall–Kier alpha value is -1.52. The van der Waals surface area contributed by atoms with E-state index in [1.807, 2.05) is 0 Å². The van der Waals surface area contributed by atoms with E-state index in [1.165, 1.54) is 6.20 Å². The van der Waals surface area contributed by atoms with E-state index >= 15 is 0 Å². The van der Waals surface area contributed by atoms with Crippen LogP contribution in [0.5, 0.6) is 0 Å². The third-order valence-corrected chi connectivity index (χ3v) is 3.33. The normalized spacial score (nSPS) is 34.1. The molecule has 0 spiro atoms. The molecule has 7 N–H and O–H groups in total. The molecule has 0 aromatic carbocycles. The van der Waals surface area contributed by atoms with Crippen molar-refractivity contribution >= 4 is 5.82 Å². The second kappa shape index (κ2) is 5.85. The molecule has 0 radical (unpaired) electrons. The van der Waals surface area contributed by atoms with Crippen LogP contribution in [-0.2, 0) is 11.2 Å². The van der Waals surface area contributed by atoms with Gasteiger partial charge in [-0.15, -0.1) is 0 Å². The van der Waals surface area contributed by atoms with E-state index in [1.54, 1.807) is 0 Å². The van der Waals surface area contributed by atoms with E-state index < -0.39 is 42.8 Å². The predicted molar refractivity (Wildman–Crippen MR) is 66.7 cm³/mol. The highest BCUT2D eigenvalue weighted by atomic mass is 16.5. The molecule has 0 saturated carbocycles. The van der Waals surface area contributed by atoms with Crippen LogP contribution in [0, 0.1) is 0 Å². The van der Waals surface area contributed by atoms with Crippen molar-refractivity contribution in [1.29, 1.82) is 0 Å². The van der Waals surface area contributed by atoms with Crippen LogP contribution in [-0.4, -0.2) is 67.5 Å². The Bertz CT molecular complexity index is 519. The minimum absolute atomic E-state index is 0.00860. The Labute approximate surface area is 113 Å². The zero-order valence-corrected chi connectivity index (χ0v) is 10.5. The first-order valence-corrected chi connectivity index (χ1v) is 6.08. The van der Waals surface area contributed by atoms with Crippen LogP contribution < -0.4 is 11.4 Å². The molecule has 2 rings (SSSR count). The molecular formula is C11H17N3O6. The number of rotatable bonds is 3. The van der Waals surface area contributed by atoms with Gasteiger partial charge in [0.2, 0.25) is 0 Å². The average Bonchev–Trinajstić information content (AvgIpc) is 2.42. The first-order valence-electron chi connectivity index (χ1n) is 6.08. The number of aliphatic hydroxyl groups is 4. The molecule has 0 bridgehead atoms. The quantitative estimate of drug-likeness (QED) is 0.337. The average molecular weight is 287 g/mol. The van der Waals surface area contributed by atoms with Crippen molar-refractivity contribution in [2.45, 2.75) is 36.9 Å². The first-order chi connectivity index (χ1) is 9.43. The van der Waals surface area contributed by atoms with Crippen LogP contribution in [0.25, 0.3) is 0 Å². The lowest BCUT2D eigenvalue weighted by Crippen LogP contribution is -2.59. The van der Waals surface area contributed by atoms with Gasteiger partial charge in [-0.1, -0.05) is 0 Å². The molecule has 1 saturated heterocycles. The van der Waals surface area contributed by atoms with Crippen molar-refractivity contribution in [2.24, 2.45) is 0 Å². The van der Waals surface area contributed by atoms with Crippen LogP contribution in [0.2, 0.25) is 0 Å². The number of aromatic amines is 1. The number of nitrogens with zero attached hydrogens (tertiary/aromatic N) is 1. The van der Waals surface area contributed by atoms with Crippen LogP contribution in [0.15, 0.2) is 11.0 Å². The number of nitrogen functional groups attached to an aromatic ring is 1. The highest BCUT2D eigenvalue weighted by molar-refractivity contribution is 5.37. The largest absolute Gasteiger partial charge is 0.394 e. The van der Waals surface area contributed by atoms with E-state index in [-0.39, 0.29) is 12.2 Å². The third-order valence-electron chi connectivity index (χ3n) is 3.33. The molecule has 20 heavy (non-hydrogen) atoms. The van der Waals surface area contributed by atoms with E-state index in [0.717, 1.165) is 0 Å². The van der Waals surface area contributed by atoms with Crippen molar-refractivity contribution in [2.75, 3.05) is 12.3 Å². The van der Waals surface area contributed by atoms with E-state index in [0.29, 0.717) is 5.56 Å². The minimum Gasteiger partial charge on any atom is -0.394 e. The van der Waals surface area contributed by atoms with E-state index in [4.69, 9.17) is 15.6 Å². The van der Waals surface area contributed by atoms with Gasteiger partial charge < -0.3 is 35.9 Å². The maximum Gasteiger partial charge on any atom is 0.346 e. The maximum atomic E-state index is 11.0. The highest BCUT2D eigenvalue weighted by Gasteiger charge is 2.43. The van der Waals surface area contributed by atoms with Gasteiger partial charge in [0.1, 0.15) is 30.2 Å². The SMILES string of the molecule is Nc1nc(=O)[nH]cc1C[C@@H]1O[C@H](CO)[C@@H](O)[C@H](O)[C@H]1O. The van der Waals surface area contributed by atoms with Gasteiger partial charge in [0, 0.05) is 18.2 Å². The minimum atomic E-state index is -1.44. The molecule has 1 aromatic rings. The van der Waals surface area contributed by atoms with Gasteiger partial charge in [0.25, 0.3) is 0 Å². The number of nitrogens with two attached hydrogens (primary N) is 1. The van der Waals surface area contributed by atoms with Crippen molar-refractivity contribution in [3.8, 4) is 0 Å². The summed E-state index contributed by atoms with van der Waals surface area (Å²) in [6.45, 7) is -0.499. The number of H-pyrrole nitrogens is 1. The van der Waals surface area contributed by atoms with Gasteiger partial charge in [0.05, 0.1) is 12.7 Å². The molecule has 0 amide bonds. The lowest BCUT2D eigenvalue weighted by molar-refractivity contribution is -0.228. The van der Waals surface area contributed by atoms with Gasteiger partial charge in [-0.3, -0.25) is 0 Å². The Morgan fingerprint density at radius 2 is 1.90 bits per heavy atom. The number of hydrogen-bond acceptors (Lipinski definition) is 8. The zero-order valence-electron chi connectivity index (χ0n) is 10.5. The summed E-state index contributed by atoms with van der Waals surface area (Å²) in [5.41, 5.74) is 5.41. The molecule has 9 nitrogen and oxygen atoms in total. The summed E-state index contributed by atoms with van der Waals surface area (Å²) >= 11 is 0. The molecule has 2 heterocycles. The fourth-order valence-electron chi connectivity index (χ4n) is 2.16. The van der Waals surface area contributed by atoms with E-state index in [2.05, 4.69) is 9.97 Å². The third kappa shape index (κ3) is 2.81. The number of aliphatic hydroxyl groups excluding tert-OH is 4. The van der Waals surface area contributed by atoms with Gasteiger partial charge in [0.15, 0.2) is 0 Å². The molecule has 1 aliphatic rings. The fourth-order valence-corrected chi connectivity index (χ4v) is 2.16. The number of anilines is 1. The molecule has 5 atom stereocenters. The van der Waals surface area contributed by atoms with Crippen LogP contribution in [0.1, 0.15) is 5.56 Å². The molecule has 0 unspecified atom stereocenters. The first kappa shape index (κ1) is 14.9. The number of ether oxygens (including phenoxy) is 1. The van der Waals surface area contributed by atoms with Crippen molar-refractivity contribution in [1.82, 2.24) is 9.97 Å². The Balaban J connectivity index is 2.17. The topological polar surface area (TPSA) is 162 Å².